The smallest absolute Gasteiger partial charge is 0.237 e. The number of benzene rings is 2. The van der Waals surface area contributed by atoms with Gasteiger partial charge in [0.2, 0.25) is 5.91 Å². The first-order valence-electron chi connectivity index (χ1n) is 9.92. The highest BCUT2D eigenvalue weighted by Gasteiger charge is 2.33. The molecule has 2 aromatic carbocycles. The number of carbonyl (C=O) groups excluding carboxylic acids is 1. The third kappa shape index (κ3) is 3.80. The molecule has 5 nitrogen and oxygen atoms in total. The number of carbonyl (C=O) groups is 1. The maximum Gasteiger partial charge on any atom is 0.237 e. The number of rotatable bonds is 6. The highest BCUT2D eigenvalue weighted by Crippen LogP contribution is 2.45. The average Bonchev–Trinajstić information content (AvgIpc) is 3.58. The van der Waals surface area contributed by atoms with Crippen molar-refractivity contribution in [3.05, 3.63) is 54.1 Å². The molecular formula is C23H27N3O2. The number of para-hydroxylation sites is 1. The Balaban J connectivity index is 1.74. The van der Waals surface area contributed by atoms with Crippen LogP contribution < -0.4 is 9.80 Å². The molecule has 0 spiro atoms. The highest BCUT2D eigenvalue weighted by molar-refractivity contribution is 6.07. The molecule has 0 bridgehead atoms. The number of anilines is 3. The first-order valence-corrected chi connectivity index (χ1v) is 9.92. The van der Waals surface area contributed by atoms with Crippen molar-refractivity contribution in [1.29, 1.82) is 0 Å². The van der Waals surface area contributed by atoms with Gasteiger partial charge in [-0.05, 0) is 48.6 Å². The molecule has 4 rings (SSSR count). The number of hydrogen-bond donors (Lipinski definition) is 0. The fourth-order valence-corrected chi connectivity index (χ4v) is 3.76. The molecule has 1 amide bonds. The van der Waals surface area contributed by atoms with Crippen LogP contribution in [0, 0.1) is 5.92 Å². The van der Waals surface area contributed by atoms with Gasteiger partial charge >= 0.3 is 0 Å². The molecule has 1 fully saturated rings. The summed E-state index contributed by atoms with van der Waals surface area (Å²) in [6.45, 7) is 1.69. The lowest BCUT2D eigenvalue weighted by molar-refractivity contribution is -0.119. The molecule has 2 aliphatic rings. The fourth-order valence-electron chi connectivity index (χ4n) is 3.76. The molecule has 1 heterocycles. The van der Waals surface area contributed by atoms with Gasteiger partial charge in [0.1, 0.15) is 0 Å². The number of amides is 1. The fraction of sp³-hybridized carbons (Fsp3) is 0.391. The van der Waals surface area contributed by atoms with Crippen molar-refractivity contribution in [3.63, 3.8) is 0 Å². The van der Waals surface area contributed by atoms with Crippen molar-refractivity contribution in [2.45, 2.75) is 18.8 Å². The Morgan fingerprint density at radius 3 is 2.64 bits per heavy atom. The Hall–Kier alpha value is -2.66. The zero-order valence-electron chi connectivity index (χ0n) is 16.5. The Morgan fingerprint density at radius 2 is 1.93 bits per heavy atom. The summed E-state index contributed by atoms with van der Waals surface area (Å²) in [7, 11) is 3.52. The molecule has 1 atom stereocenters. The van der Waals surface area contributed by atoms with Gasteiger partial charge in [0.05, 0.1) is 30.4 Å². The summed E-state index contributed by atoms with van der Waals surface area (Å²) in [5.41, 5.74) is 4.51. The normalized spacial score (nSPS) is 19.8. The molecule has 1 unspecified atom stereocenters. The molecule has 1 aliphatic heterocycles. The lowest BCUT2D eigenvalue weighted by atomic mass is 10.1. The molecule has 28 heavy (non-hydrogen) atoms. The first kappa shape index (κ1) is 18.7. The molecule has 0 aromatic heterocycles. The van der Waals surface area contributed by atoms with E-state index in [9.17, 15) is 4.79 Å². The average molecular weight is 377 g/mol. The summed E-state index contributed by atoms with van der Waals surface area (Å²) in [6, 6.07) is 16.8. The summed E-state index contributed by atoms with van der Waals surface area (Å²) in [5.74, 6) is 0.428. The topological polar surface area (TPSA) is 45.1 Å². The Labute approximate surface area is 166 Å². The molecule has 5 heteroatoms. The minimum absolute atomic E-state index is 0.0695. The van der Waals surface area contributed by atoms with Crippen LogP contribution in [0.3, 0.4) is 0 Å². The molecule has 0 N–H and O–H groups in total. The first-order chi connectivity index (χ1) is 13.7. The molecule has 2 aromatic rings. The van der Waals surface area contributed by atoms with E-state index in [4.69, 9.17) is 4.74 Å². The number of hydrogen-bond acceptors (Lipinski definition) is 4. The minimum atomic E-state index is -0.307. The number of nitrogens with zero attached hydrogens (tertiary/aromatic N) is 3. The van der Waals surface area contributed by atoms with Crippen molar-refractivity contribution < 1.29 is 9.53 Å². The summed E-state index contributed by atoms with van der Waals surface area (Å²) < 4.78 is 5.07. The third-order valence-electron chi connectivity index (χ3n) is 5.51. The molecule has 146 valence electrons. The van der Waals surface area contributed by atoms with E-state index >= 15 is 0 Å². The standard InChI is InChI=1S/C23H27N3O2/c1-25-21-11-10-18(17-8-9-17)14-22(21)26(20-6-4-3-5-7-20)16-19(23(25)27)15-24-12-13-28-2/h3-7,10-11,14-15,17,19H,8-9,12-13,16H2,1-2H3. The van der Waals surface area contributed by atoms with Crippen molar-refractivity contribution in [1.82, 2.24) is 0 Å². The second-order valence-corrected chi connectivity index (χ2v) is 7.52. The maximum absolute atomic E-state index is 13.2. The van der Waals surface area contributed by atoms with E-state index in [-0.39, 0.29) is 11.8 Å². The van der Waals surface area contributed by atoms with Gasteiger partial charge in [-0.3, -0.25) is 9.79 Å². The second-order valence-electron chi connectivity index (χ2n) is 7.52. The highest BCUT2D eigenvalue weighted by atomic mass is 16.5. The number of fused-ring (bicyclic) bond motifs is 1. The van der Waals surface area contributed by atoms with Gasteiger partial charge in [0, 0.05) is 32.6 Å². The molecule has 1 aliphatic carbocycles. The Kier molecular flexibility index (Phi) is 5.44. The molecular weight excluding hydrogens is 350 g/mol. The van der Waals surface area contributed by atoms with Gasteiger partial charge in [-0.1, -0.05) is 24.3 Å². The zero-order chi connectivity index (χ0) is 19.5. The Bertz CT molecular complexity index is 861. The van der Waals surface area contributed by atoms with Gasteiger partial charge in [-0.15, -0.1) is 0 Å². The van der Waals surface area contributed by atoms with E-state index in [1.807, 2.05) is 25.2 Å². The lowest BCUT2D eigenvalue weighted by Crippen LogP contribution is -2.36. The number of methoxy groups -OCH3 is 1. The van der Waals surface area contributed by atoms with Gasteiger partial charge in [0.25, 0.3) is 0 Å². The van der Waals surface area contributed by atoms with Crippen LogP contribution in [0.1, 0.15) is 24.3 Å². The third-order valence-corrected chi connectivity index (χ3v) is 5.51. The lowest BCUT2D eigenvalue weighted by Gasteiger charge is -2.26. The van der Waals surface area contributed by atoms with Crippen LogP contribution in [0.2, 0.25) is 0 Å². The summed E-state index contributed by atoms with van der Waals surface area (Å²) in [6.07, 6.45) is 4.31. The van der Waals surface area contributed by atoms with Crippen LogP contribution in [0.25, 0.3) is 0 Å². The monoisotopic (exact) mass is 377 g/mol. The van der Waals surface area contributed by atoms with E-state index in [1.165, 1.54) is 18.4 Å². The van der Waals surface area contributed by atoms with E-state index in [0.29, 0.717) is 25.6 Å². The van der Waals surface area contributed by atoms with Crippen LogP contribution >= 0.6 is 0 Å². The van der Waals surface area contributed by atoms with E-state index < -0.39 is 0 Å². The van der Waals surface area contributed by atoms with Gasteiger partial charge in [0.15, 0.2) is 0 Å². The van der Waals surface area contributed by atoms with Crippen molar-refractivity contribution in [3.8, 4) is 0 Å². The second kappa shape index (κ2) is 8.15. The van der Waals surface area contributed by atoms with E-state index in [0.717, 1.165) is 17.1 Å². The summed E-state index contributed by atoms with van der Waals surface area (Å²) >= 11 is 0. The quantitative estimate of drug-likeness (QED) is 0.564. The van der Waals surface area contributed by atoms with Gasteiger partial charge in [-0.2, -0.15) is 0 Å². The van der Waals surface area contributed by atoms with Crippen LogP contribution in [-0.4, -0.2) is 46.0 Å². The largest absolute Gasteiger partial charge is 0.383 e. The van der Waals surface area contributed by atoms with Gasteiger partial charge in [-0.25, -0.2) is 0 Å². The van der Waals surface area contributed by atoms with Crippen LogP contribution in [-0.2, 0) is 9.53 Å². The maximum atomic E-state index is 13.2. The van der Waals surface area contributed by atoms with Crippen LogP contribution in [0.15, 0.2) is 53.5 Å². The van der Waals surface area contributed by atoms with Crippen molar-refractivity contribution in [2.75, 3.05) is 43.7 Å². The molecule has 0 saturated heterocycles. The molecule has 1 saturated carbocycles. The molecule has 0 radical (unpaired) electrons. The predicted molar refractivity (Wildman–Crippen MR) is 114 cm³/mol. The predicted octanol–water partition coefficient (Wildman–Crippen LogP) is 4.01. The van der Waals surface area contributed by atoms with Crippen LogP contribution in [0.5, 0.6) is 0 Å². The van der Waals surface area contributed by atoms with Crippen molar-refractivity contribution in [2.24, 2.45) is 10.9 Å². The zero-order valence-corrected chi connectivity index (χ0v) is 16.5. The summed E-state index contributed by atoms with van der Waals surface area (Å²) in [4.78, 5) is 21.6. The van der Waals surface area contributed by atoms with E-state index in [1.54, 1.807) is 18.2 Å². The number of aliphatic imine (C=N–C) groups is 1. The SMILES string of the molecule is COCCN=CC1CN(c2ccccc2)c2cc(C3CC3)ccc2N(C)C1=O. The Morgan fingerprint density at radius 1 is 1.14 bits per heavy atom. The number of ether oxygens (including phenoxy) is 1. The summed E-state index contributed by atoms with van der Waals surface area (Å²) in [5, 5.41) is 0. The van der Waals surface area contributed by atoms with Gasteiger partial charge < -0.3 is 14.5 Å². The van der Waals surface area contributed by atoms with E-state index in [2.05, 4.69) is 40.2 Å². The van der Waals surface area contributed by atoms with Crippen molar-refractivity contribution >= 4 is 29.2 Å². The van der Waals surface area contributed by atoms with Crippen LogP contribution in [0.4, 0.5) is 17.1 Å². The minimum Gasteiger partial charge on any atom is -0.383 e.